The van der Waals surface area contributed by atoms with Crippen LogP contribution in [-0.2, 0) is 4.74 Å². The minimum Gasteiger partial charge on any atom is -0.450 e. The number of halogens is 2. The Morgan fingerprint density at radius 2 is 1.80 bits per heavy atom. The lowest BCUT2D eigenvalue weighted by atomic mass is 10.2. The number of piperazine rings is 1. The molecule has 7 heteroatoms. The van der Waals surface area contributed by atoms with E-state index in [9.17, 15) is 13.6 Å². The van der Waals surface area contributed by atoms with Crippen molar-refractivity contribution in [2.45, 2.75) is 6.92 Å². The smallest absolute Gasteiger partial charge is 0.409 e. The molecule has 0 aromatic heterocycles. The quantitative estimate of drug-likeness (QED) is 0.842. The van der Waals surface area contributed by atoms with Crippen molar-refractivity contribution >= 4 is 17.5 Å². The molecule has 0 radical (unpaired) electrons. The summed E-state index contributed by atoms with van der Waals surface area (Å²) in [5.41, 5.74) is 5.34. The highest BCUT2D eigenvalue weighted by Gasteiger charge is 2.25. The van der Waals surface area contributed by atoms with Crippen LogP contribution in [0, 0.1) is 11.6 Å². The molecule has 1 amide bonds. The maximum absolute atomic E-state index is 13.8. The molecule has 1 saturated heterocycles. The third kappa shape index (κ3) is 2.92. The Kier molecular flexibility index (Phi) is 4.26. The number of hydrogen-bond acceptors (Lipinski definition) is 4. The molecule has 2 rings (SSSR count). The van der Waals surface area contributed by atoms with Gasteiger partial charge in [-0.05, 0) is 19.1 Å². The van der Waals surface area contributed by atoms with E-state index in [-0.39, 0.29) is 11.4 Å². The highest BCUT2D eigenvalue weighted by atomic mass is 19.1. The van der Waals surface area contributed by atoms with E-state index in [1.54, 1.807) is 11.8 Å². The molecule has 0 bridgehead atoms. The van der Waals surface area contributed by atoms with Crippen molar-refractivity contribution in [3.05, 3.63) is 23.8 Å². The molecule has 1 fully saturated rings. The van der Waals surface area contributed by atoms with Crippen LogP contribution in [-0.4, -0.2) is 43.8 Å². The summed E-state index contributed by atoms with van der Waals surface area (Å²) >= 11 is 0. The maximum Gasteiger partial charge on any atom is 0.409 e. The monoisotopic (exact) mass is 285 g/mol. The molecule has 1 aromatic carbocycles. The molecule has 110 valence electrons. The van der Waals surface area contributed by atoms with Gasteiger partial charge in [-0.15, -0.1) is 0 Å². The Balaban J connectivity index is 2.06. The third-order valence-electron chi connectivity index (χ3n) is 3.16. The first kappa shape index (κ1) is 14.4. The summed E-state index contributed by atoms with van der Waals surface area (Å²) < 4.78 is 32.5. The number of carbonyl (C=O) groups is 1. The first-order valence-electron chi connectivity index (χ1n) is 6.44. The number of nitrogens with zero attached hydrogens (tertiary/aromatic N) is 2. The van der Waals surface area contributed by atoms with Crippen LogP contribution in [0.2, 0.25) is 0 Å². The average molecular weight is 285 g/mol. The summed E-state index contributed by atoms with van der Waals surface area (Å²) in [5.74, 6) is -1.38. The number of rotatable bonds is 2. The number of carbonyl (C=O) groups excluding carboxylic acids is 1. The van der Waals surface area contributed by atoms with Gasteiger partial charge >= 0.3 is 6.09 Å². The number of nitrogens with two attached hydrogens (primary N) is 1. The van der Waals surface area contributed by atoms with Gasteiger partial charge in [0, 0.05) is 31.9 Å². The van der Waals surface area contributed by atoms with Gasteiger partial charge < -0.3 is 20.3 Å². The molecule has 1 aliphatic heterocycles. The molecule has 1 aromatic rings. The summed E-state index contributed by atoms with van der Waals surface area (Å²) in [6.45, 7) is 3.45. The van der Waals surface area contributed by atoms with Crippen molar-refractivity contribution in [2.75, 3.05) is 43.4 Å². The van der Waals surface area contributed by atoms with Gasteiger partial charge in [-0.3, -0.25) is 0 Å². The number of amides is 1. The fourth-order valence-electron chi connectivity index (χ4n) is 2.21. The Bertz CT molecular complexity index is 479. The Hall–Kier alpha value is -2.05. The van der Waals surface area contributed by atoms with Gasteiger partial charge in [0.05, 0.1) is 6.61 Å². The Morgan fingerprint density at radius 1 is 1.25 bits per heavy atom. The summed E-state index contributed by atoms with van der Waals surface area (Å²) in [6.07, 6.45) is -0.398. The van der Waals surface area contributed by atoms with Crippen LogP contribution in [0.5, 0.6) is 0 Å². The van der Waals surface area contributed by atoms with E-state index in [1.165, 1.54) is 4.90 Å². The van der Waals surface area contributed by atoms with E-state index in [0.29, 0.717) is 32.8 Å². The molecule has 20 heavy (non-hydrogen) atoms. The Morgan fingerprint density at radius 3 is 2.30 bits per heavy atom. The second-order valence-electron chi connectivity index (χ2n) is 4.51. The SMILES string of the molecule is CCOC(=O)N1CCN(c2c(F)cc(N)cc2F)CC1. The second kappa shape index (κ2) is 5.94. The Labute approximate surface area is 115 Å². The molecule has 1 aliphatic rings. The number of nitrogen functional groups attached to an aromatic ring is 1. The third-order valence-corrected chi connectivity index (χ3v) is 3.16. The lowest BCUT2D eigenvalue weighted by molar-refractivity contribution is 0.105. The molecular weight excluding hydrogens is 268 g/mol. The van der Waals surface area contributed by atoms with E-state index in [1.807, 2.05) is 0 Å². The summed E-state index contributed by atoms with van der Waals surface area (Å²) in [6, 6.07) is 2.19. The molecule has 0 aliphatic carbocycles. The zero-order valence-electron chi connectivity index (χ0n) is 11.2. The molecule has 5 nitrogen and oxygen atoms in total. The van der Waals surface area contributed by atoms with Crippen LogP contribution in [0.15, 0.2) is 12.1 Å². The standard InChI is InChI=1S/C13H17F2N3O2/c1-2-20-13(19)18-5-3-17(4-6-18)12-10(14)7-9(16)8-11(12)15/h7-8H,2-6,16H2,1H3. The summed E-state index contributed by atoms with van der Waals surface area (Å²) in [4.78, 5) is 14.6. The van der Waals surface area contributed by atoms with Crippen molar-refractivity contribution in [1.29, 1.82) is 0 Å². The highest BCUT2D eigenvalue weighted by molar-refractivity contribution is 5.68. The van der Waals surface area contributed by atoms with Crippen LogP contribution in [0.25, 0.3) is 0 Å². The predicted molar refractivity (Wildman–Crippen MR) is 71.6 cm³/mol. The summed E-state index contributed by atoms with van der Waals surface area (Å²) in [5, 5.41) is 0. The minimum atomic E-state index is -0.688. The topological polar surface area (TPSA) is 58.8 Å². The largest absolute Gasteiger partial charge is 0.450 e. The maximum atomic E-state index is 13.8. The van der Waals surface area contributed by atoms with Crippen LogP contribution < -0.4 is 10.6 Å². The van der Waals surface area contributed by atoms with Crippen LogP contribution in [0.4, 0.5) is 25.0 Å². The molecule has 0 unspecified atom stereocenters. The van der Waals surface area contributed by atoms with Gasteiger partial charge in [-0.2, -0.15) is 0 Å². The number of ether oxygens (including phenoxy) is 1. The van der Waals surface area contributed by atoms with Crippen LogP contribution >= 0.6 is 0 Å². The van der Waals surface area contributed by atoms with Crippen molar-refractivity contribution in [1.82, 2.24) is 4.90 Å². The zero-order chi connectivity index (χ0) is 14.7. The van der Waals surface area contributed by atoms with Gasteiger partial charge in [-0.25, -0.2) is 13.6 Å². The van der Waals surface area contributed by atoms with Crippen molar-refractivity contribution < 1.29 is 18.3 Å². The van der Waals surface area contributed by atoms with Crippen LogP contribution in [0.1, 0.15) is 6.92 Å². The van der Waals surface area contributed by atoms with Crippen molar-refractivity contribution in [3.63, 3.8) is 0 Å². The molecule has 1 heterocycles. The fourth-order valence-corrected chi connectivity index (χ4v) is 2.21. The normalized spacial score (nSPS) is 15.3. The number of benzene rings is 1. The molecule has 0 atom stereocenters. The zero-order valence-corrected chi connectivity index (χ0v) is 11.2. The van der Waals surface area contributed by atoms with Crippen molar-refractivity contribution in [3.8, 4) is 0 Å². The second-order valence-corrected chi connectivity index (χ2v) is 4.51. The minimum absolute atomic E-state index is 0.0499. The fraction of sp³-hybridized carbons (Fsp3) is 0.462. The number of hydrogen-bond donors (Lipinski definition) is 1. The lowest BCUT2D eigenvalue weighted by Gasteiger charge is -2.35. The molecule has 2 N–H and O–H groups in total. The van der Waals surface area contributed by atoms with E-state index in [0.717, 1.165) is 12.1 Å². The van der Waals surface area contributed by atoms with E-state index in [2.05, 4.69) is 0 Å². The first-order valence-corrected chi connectivity index (χ1v) is 6.44. The van der Waals surface area contributed by atoms with Gasteiger partial charge in [0.2, 0.25) is 0 Å². The molecule has 0 spiro atoms. The van der Waals surface area contributed by atoms with E-state index < -0.39 is 17.7 Å². The summed E-state index contributed by atoms with van der Waals surface area (Å²) in [7, 11) is 0. The number of anilines is 2. The van der Waals surface area contributed by atoms with Gasteiger partial charge in [0.1, 0.15) is 5.69 Å². The van der Waals surface area contributed by atoms with Crippen molar-refractivity contribution in [2.24, 2.45) is 0 Å². The van der Waals surface area contributed by atoms with E-state index >= 15 is 0 Å². The first-order chi connectivity index (χ1) is 9.52. The van der Waals surface area contributed by atoms with Gasteiger partial charge in [-0.1, -0.05) is 0 Å². The molecular formula is C13H17F2N3O2. The van der Waals surface area contributed by atoms with Crippen LogP contribution in [0.3, 0.4) is 0 Å². The van der Waals surface area contributed by atoms with Gasteiger partial charge in [0.25, 0.3) is 0 Å². The highest BCUT2D eigenvalue weighted by Crippen LogP contribution is 2.26. The lowest BCUT2D eigenvalue weighted by Crippen LogP contribution is -2.49. The van der Waals surface area contributed by atoms with E-state index in [4.69, 9.17) is 10.5 Å². The average Bonchev–Trinajstić information content (AvgIpc) is 2.38. The molecule has 0 saturated carbocycles. The van der Waals surface area contributed by atoms with Gasteiger partial charge in [0.15, 0.2) is 11.6 Å². The predicted octanol–water partition coefficient (Wildman–Crippen LogP) is 1.83.